The van der Waals surface area contributed by atoms with E-state index in [1.165, 1.54) is 0 Å². The quantitative estimate of drug-likeness (QED) is 0.791. The van der Waals surface area contributed by atoms with Crippen LogP contribution in [0.25, 0.3) is 0 Å². The number of nitrogens with zero attached hydrogens (tertiary/aromatic N) is 1. The van der Waals surface area contributed by atoms with Gasteiger partial charge in [0.25, 0.3) is 6.43 Å². The average Bonchev–Trinajstić information content (AvgIpc) is 2.15. The number of hydrogen-bond donors (Lipinski definition) is 1. The molecule has 15 heavy (non-hydrogen) atoms. The summed E-state index contributed by atoms with van der Waals surface area (Å²) in [4.78, 5) is 13.4. The lowest BCUT2D eigenvalue weighted by molar-refractivity contribution is 0.0685. The van der Waals surface area contributed by atoms with Crippen LogP contribution in [0.3, 0.4) is 0 Å². The Labute approximate surface area is 82.3 Å². The highest BCUT2D eigenvalue weighted by molar-refractivity contribution is 5.90. The van der Waals surface area contributed by atoms with Gasteiger partial charge in [0, 0.05) is 6.07 Å². The fraction of sp³-hybridized carbons (Fsp3) is 0.250. The van der Waals surface area contributed by atoms with E-state index in [4.69, 9.17) is 5.11 Å². The van der Waals surface area contributed by atoms with Crippen molar-refractivity contribution in [3.63, 3.8) is 0 Å². The molecule has 0 saturated heterocycles. The highest BCUT2D eigenvalue weighted by Crippen LogP contribution is 2.26. The van der Waals surface area contributed by atoms with E-state index in [1.54, 1.807) is 0 Å². The van der Waals surface area contributed by atoms with Crippen molar-refractivity contribution < 1.29 is 27.8 Å². The molecule has 0 spiro atoms. The van der Waals surface area contributed by atoms with Crippen LogP contribution in [-0.4, -0.2) is 23.2 Å². The Balaban J connectivity index is 3.37. The zero-order chi connectivity index (χ0) is 11.6. The Morgan fingerprint density at radius 3 is 2.60 bits per heavy atom. The minimum atomic E-state index is -2.99. The Kier molecular flexibility index (Phi) is 3.13. The van der Waals surface area contributed by atoms with Gasteiger partial charge in [0.1, 0.15) is 11.4 Å². The molecule has 0 aliphatic rings. The number of carboxylic acid groups (broad SMARTS) is 1. The number of aromatic carboxylic acids is 1. The molecule has 1 rings (SSSR count). The molecule has 0 atom stereocenters. The normalized spacial score (nSPS) is 10.5. The standard InChI is InChI=1S/C8H6F3NO3/c1-15-4-2-3(6(9)10)12-7(11)5(4)8(13)14/h2,6H,1H3,(H,13,14). The maximum atomic E-state index is 13.0. The summed E-state index contributed by atoms with van der Waals surface area (Å²) in [5.41, 5.74) is -1.73. The van der Waals surface area contributed by atoms with Gasteiger partial charge in [-0.2, -0.15) is 4.39 Å². The van der Waals surface area contributed by atoms with Crippen LogP contribution in [0.2, 0.25) is 0 Å². The van der Waals surface area contributed by atoms with Gasteiger partial charge in [-0.05, 0) is 0 Å². The highest BCUT2D eigenvalue weighted by atomic mass is 19.3. The number of carboxylic acids is 1. The minimum Gasteiger partial charge on any atom is -0.496 e. The molecule has 0 bridgehead atoms. The summed E-state index contributed by atoms with van der Waals surface area (Å²) in [5.74, 6) is -3.60. The summed E-state index contributed by atoms with van der Waals surface area (Å²) in [6.45, 7) is 0. The van der Waals surface area contributed by atoms with Gasteiger partial charge >= 0.3 is 5.97 Å². The summed E-state index contributed by atoms with van der Waals surface area (Å²) in [7, 11) is 1.05. The van der Waals surface area contributed by atoms with Crippen molar-refractivity contribution in [2.24, 2.45) is 0 Å². The number of halogens is 3. The van der Waals surface area contributed by atoms with E-state index >= 15 is 0 Å². The molecular weight excluding hydrogens is 215 g/mol. The SMILES string of the molecule is COc1cc(C(F)F)nc(F)c1C(=O)O. The monoisotopic (exact) mass is 221 g/mol. The highest BCUT2D eigenvalue weighted by Gasteiger charge is 2.22. The molecule has 7 heteroatoms. The third kappa shape index (κ3) is 2.17. The lowest BCUT2D eigenvalue weighted by Gasteiger charge is -2.07. The lowest BCUT2D eigenvalue weighted by Crippen LogP contribution is -2.08. The van der Waals surface area contributed by atoms with Gasteiger partial charge in [-0.1, -0.05) is 0 Å². The Hall–Kier alpha value is -1.79. The maximum absolute atomic E-state index is 13.0. The van der Waals surface area contributed by atoms with E-state index in [0.717, 1.165) is 7.11 Å². The first-order valence-electron chi connectivity index (χ1n) is 3.73. The van der Waals surface area contributed by atoms with Crippen LogP contribution in [0.1, 0.15) is 22.5 Å². The molecule has 0 aliphatic heterocycles. The molecule has 0 saturated carbocycles. The number of hydrogen-bond acceptors (Lipinski definition) is 3. The third-order valence-corrected chi connectivity index (χ3v) is 1.62. The Bertz CT molecular complexity index is 395. The number of rotatable bonds is 3. The second-order valence-corrected chi connectivity index (χ2v) is 2.52. The number of methoxy groups -OCH3 is 1. The van der Waals surface area contributed by atoms with Crippen LogP contribution in [0.5, 0.6) is 5.75 Å². The Morgan fingerprint density at radius 1 is 1.60 bits per heavy atom. The van der Waals surface area contributed by atoms with Gasteiger partial charge in [0.05, 0.1) is 7.11 Å². The predicted molar refractivity (Wildman–Crippen MR) is 42.7 cm³/mol. The van der Waals surface area contributed by atoms with Crippen LogP contribution in [0.15, 0.2) is 6.07 Å². The van der Waals surface area contributed by atoms with E-state index in [1.807, 2.05) is 0 Å². The molecule has 0 fully saturated rings. The van der Waals surface area contributed by atoms with Crippen molar-refractivity contribution in [3.05, 3.63) is 23.3 Å². The van der Waals surface area contributed by atoms with Gasteiger partial charge < -0.3 is 9.84 Å². The van der Waals surface area contributed by atoms with Crippen LogP contribution in [0.4, 0.5) is 13.2 Å². The topological polar surface area (TPSA) is 59.4 Å². The minimum absolute atomic E-state index is 0.481. The first-order valence-corrected chi connectivity index (χ1v) is 3.73. The van der Waals surface area contributed by atoms with Crippen molar-refractivity contribution in [3.8, 4) is 5.75 Å². The molecule has 4 nitrogen and oxygen atoms in total. The van der Waals surface area contributed by atoms with Crippen molar-refractivity contribution in [2.45, 2.75) is 6.43 Å². The number of aromatic nitrogens is 1. The molecule has 0 aromatic carbocycles. The molecule has 1 heterocycles. The molecule has 82 valence electrons. The lowest BCUT2D eigenvalue weighted by atomic mass is 10.2. The van der Waals surface area contributed by atoms with Crippen LogP contribution >= 0.6 is 0 Å². The molecule has 1 aromatic heterocycles. The van der Waals surface area contributed by atoms with E-state index in [2.05, 4.69) is 9.72 Å². The largest absolute Gasteiger partial charge is 0.496 e. The average molecular weight is 221 g/mol. The summed E-state index contributed by atoms with van der Waals surface area (Å²) >= 11 is 0. The zero-order valence-corrected chi connectivity index (χ0v) is 7.50. The summed E-state index contributed by atoms with van der Waals surface area (Å²) < 4.78 is 41.8. The molecule has 0 unspecified atom stereocenters. The van der Waals surface area contributed by atoms with Crippen molar-refractivity contribution in [2.75, 3.05) is 7.11 Å². The van der Waals surface area contributed by atoms with E-state index in [9.17, 15) is 18.0 Å². The number of carbonyl (C=O) groups is 1. The fourth-order valence-corrected chi connectivity index (χ4v) is 0.976. The molecule has 0 aliphatic carbocycles. The Morgan fingerprint density at radius 2 is 2.20 bits per heavy atom. The second-order valence-electron chi connectivity index (χ2n) is 2.52. The van der Waals surface area contributed by atoms with Gasteiger partial charge in [0.2, 0.25) is 5.95 Å². The molecule has 1 aromatic rings. The van der Waals surface area contributed by atoms with Crippen LogP contribution in [-0.2, 0) is 0 Å². The first-order chi connectivity index (χ1) is 6.97. The van der Waals surface area contributed by atoms with Crippen LogP contribution in [0, 0.1) is 5.95 Å². The van der Waals surface area contributed by atoms with Gasteiger partial charge in [-0.3, -0.25) is 0 Å². The van der Waals surface area contributed by atoms with E-state index in [-0.39, 0.29) is 0 Å². The first kappa shape index (κ1) is 11.3. The van der Waals surface area contributed by atoms with Gasteiger partial charge in [0.15, 0.2) is 5.56 Å². The summed E-state index contributed by atoms with van der Waals surface area (Å²) in [6, 6.07) is 0.692. The number of alkyl halides is 2. The fourth-order valence-electron chi connectivity index (χ4n) is 0.976. The van der Waals surface area contributed by atoms with E-state index in [0.29, 0.717) is 6.07 Å². The van der Waals surface area contributed by atoms with Crippen molar-refractivity contribution in [1.29, 1.82) is 0 Å². The zero-order valence-electron chi connectivity index (χ0n) is 7.50. The second kappa shape index (κ2) is 4.16. The summed E-state index contributed by atoms with van der Waals surface area (Å²) in [5, 5.41) is 8.56. The third-order valence-electron chi connectivity index (χ3n) is 1.62. The smallest absolute Gasteiger partial charge is 0.344 e. The predicted octanol–water partition coefficient (Wildman–Crippen LogP) is 1.87. The molecule has 0 radical (unpaired) electrons. The van der Waals surface area contributed by atoms with E-state index < -0.39 is 35.3 Å². The molecule has 0 amide bonds. The molecular formula is C8H6F3NO3. The van der Waals surface area contributed by atoms with Crippen molar-refractivity contribution >= 4 is 5.97 Å². The number of pyridine rings is 1. The van der Waals surface area contributed by atoms with Crippen molar-refractivity contribution in [1.82, 2.24) is 4.98 Å². The number of ether oxygens (including phenoxy) is 1. The van der Waals surface area contributed by atoms with Gasteiger partial charge in [-0.15, -0.1) is 0 Å². The molecule has 1 N–H and O–H groups in total. The summed E-state index contributed by atoms with van der Waals surface area (Å²) in [6.07, 6.45) is -2.99. The maximum Gasteiger partial charge on any atom is 0.344 e. The van der Waals surface area contributed by atoms with Gasteiger partial charge in [-0.25, -0.2) is 18.6 Å². The van der Waals surface area contributed by atoms with Crippen LogP contribution < -0.4 is 4.74 Å².